The average Bonchev–Trinajstić information content (AvgIpc) is 2.32. The summed E-state index contributed by atoms with van der Waals surface area (Å²) in [7, 11) is 0. The van der Waals surface area contributed by atoms with Gasteiger partial charge in [-0.3, -0.25) is 4.79 Å². The molecule has 100 valence electrons. The third-order valence-corrected chi connectivity index (χ3v) is 3.76. The van der Waals surface area contributed by atoms with Crippen molar-refractivity contribution in [3.63, 3.8) is 0 Å². The number of halogens is 1. The number of benzene rings is 1. The summed E-state index contributed by atoms with van der Waals surface area (Å²) in [5.74, 6) is 0.372. The van der Waals surface area contributed by atoms with Gasteiger partial charge in [-0.1, -0.05) is 0 Å². The van der Waals surface area contributed by atoms with Crippen molar-refractivity contribution in [3.8, 4) is 0 Å². The Balaban J connectivity index is 2.40. The Morgan fingerprint density at radius 3 is 2.89 bits per heavy atom. The number of hydrogen-bond donors (Lipinski definition) is 4. The molecule has 1 aromatic carbocycles. The second-order valence-corrected chi connectivity index (χ2v) is 5.52. The van der Waals surface area contributed by atoms with Crippen molar-refractivity contribution in [2.75, 3.05) is 29.2 Å². The highest BCUT2D eigenvalue weighted by Gasteiger charge is 2.08. The summed E-state index contributed by atoms with van der Waals surface area (Å²) in [6.45, 7) is -0.294. The molecule has 0 aliphatic carbocycles. The van der Waals surface area contributed by atoms with Crippen LogP contribution in [-0.4, -0.2) is 40.3 Å². The molecule has 0 radical (unpaired) electrons. The molecule has 1 atom stereocenters. The van der Waals surface area contributed by atoms with Crippen LogP contribution in [0.3, 0.4) is 0 Å². The second-order valence-electron chi connectivity index (χ2n) is 3.64. The Morgan fingerprint density at radius 2 is 2.28 bits per heavy atom. The number of hydrogen-bond acceptors (Lipinski definition) is 5. The number of thioether (sulfide) groups is 1. The molecular weight excluding hydrogens is 320 g/mol. The van der Waals surface area contributed by atoms with E-state index < -0.39 is 6.10 Å². The van der Waals surface area contributed by atoms with Gasteiger partial charge in [-0.15, -0.1) is 11.8 Å². The lowest BCUT2D eigenvalue weighted by Gasteiger charge is -2.09. The first-order chi connectivity index (χ1) is 8.52. The van der Waals surface area contributed by atoms with E-state index in [1.165, 1.54) is 11.8 Å². The molecule has 0 saturated heterocycles. The van der Waals surface area contributed by atoms with Gasteiger partial charge >= 0.3 is 0 Å². The van der Waals surface area contributed by atoms with Gasteiger partial charge in [0, 0.05) is 15.9 Å². The number of nitrogens with one attached hydrogen (secondary N) is 1. The molecule has 7 heteroatoms. The van der Waals surface area contributed by atoms with Crippen LogP contribution in [0.15, 0.2) is 22.7 Å². The van der Waals surface area contributed by atoms with Crippen LogP contribution in [0.5, 0.6) is 0 Å². The molecule has 5 N–H and O–H groups in total. The minimum atomic E-state index is -0.786. The lowest BCUT2D eigenvalue weighted by Crippen LogP contribution is -2.19. The van der Waals surface area contributed by atoms with E-state index in [-0.39, 0.29) is 18.3 Å². The molecule has 1 amide bonds. The van der Waals surface area contributed by atoms with Crippen molar-refractivity contribution in [3.05, 3.63) is 22.7 Å². The number of rotatable bonds is 6. The van der Waals surface area contributed by atoms with Crippen LogP contribution in [0, 0.1) is 0 Å². The fraction of sp³-hybridized carbons (Fsp3) is 0.364. The van der Waals surface area contributed by atoms with E-state index in [2.05, 4.69) is 21.2 Å². The molecule has 0 aromatic heterocycles. The van der Waals surface area contributed by atoms with E-state index in [9.17, 15) is 4.79 Å². The Labute approximate surface area is 118 Å². The van der Waals surface area contributed by atoms with Crippen LogP contribution in [0.2, 0.25) is 0 Å². The molecule has 5 nitrogen and oxygen atoms in total. The summed E-state index contributed by atoms with van der Waals surface area (Å²) in [6.07, 6.45) is -0.786. The molecule has 18 heavy (non-hydrogen) atoms. The van der Waals surface area contributed by atoms with E-state index in [1.54, 1.807) is 18.2 Å². The highest BCUT2D eigenvalue weighted by Crippen LogP contribution is 2.24. The maximum absolute atomic E-state index is 11.6. The molecule has 0 fully saturated rings. The number of nitrogens with two attached hydrogens (primary N) is 1. The van der Waals surface area contributed by atoms with Gasteiger partial charge in [0.15, 0.2) is 0 Å². The molecule has 1 rings (SSSR count). The highest BCUT2D eigenvalue weighted by atomic mass is 79.9. The summed E-state index contributed by atoms with van der Waals surface area (Å²) in [5.41, 5.74) is 6.85. The van der Waals surface area contributed by atoms with Crippen LogP contribution < -0.4 is 11.1 Å². The van der Waals surface area contributed by atoms with Gasteiger partial charge in [0.2, 0.25) is 5.91 Å². The smallest absolute Gasteiger partial charge is 0.234 e. The van der Waals surface area contributed by atoms with Gasteiger partial charge in [0.1, 0.15) is 0 Å². The largest absolute Gasteiger partial charge is 0.399 e. The van der Waals surface area contributed by atoms with Gasteiger partial charge in [-0.05, 0) is 34.1 Å². The third kappa shape index (κ3) is 5.26. The fourth-order valence-corrected chi connectivity index (χ4v) is 2.41. The van der Waals surface area contributed by atoms with Crippen molar-refractivity contribution < 1.29 is 15.0 Å². The van der Waals surface area contributed by atoms with E-state index in [0.717, 1.165) is 4.47 Å². The number of nitrogen functional groups attached to an aromatic ring is 1. The van der Waals surface area contributed by atoms with Crippen LogP contribution in [0.25, 0.3) is 0 Å². The van der Waals surface area contributed by atoms with Gasteiger partial charge < -0.3 is 21.3 Å². The van der Waals surface area contributed by atoms with E-state index in [4.69, 9.17) is 15.9 Å². The van der Waals surface area contributed by atoms with Crippen LogP contribution in [0.4, 0.5) is 11.4 Å². The number of anilines is 2. The number of carbonyl (C=O) groups is 1. The summed E-state index contributed by atoms with van der Waals surface area (Å²) < 4.78 is 0.719. The summed E-state index contributed by atoms with van der Waals surface area (Å²) in [5, 5.41) is 20.4. The Hall–Kier alpha value is -0.760. The molecule has 0 spiro atoms. The first-order valence-electron chi connectivity index (χ1n) is 5.24. The fourth-order valence-electron chi connectivity index (χ4n) is 1.16. The third-order valence-electron chi connectivity index (χ3n) is 2.02. The van der Waals surface area contributed by atoms with Crippen LogP contribution in [0.1, 0.15) is 0 Å². The van der Waals surface area contributed by atoms with Crippen molar-refractivity contribution in [2.45, 2.75) is 6.10 Å². The molecular formula is C11H15BrN2O3S. The molecule has 0 aliphatic heterocycles. The van der Waals surface area contributed by atoms with E-state index in [1.807, 2.05) is 0 Å². The van der Waals surface area contributed by atoms with Crippen molar-refractivity contribution >= 4 is 45.0 Å². The molecule has 0 saturated carbocycles. The van der Waals surface area contributed by atoms with Gasteiger partial charge in [-0.25, -0.2) is 0 Å². The number of carbonyl (C=O) groups excluding carboxylic acids is 1. The Bertz CT molecular complexity index is 417. The topological polar surface area (TPSA) is 95.6 Å². The summed E-state index contributed by atoms with van der Waals surface area (Å²) in [4.78, 5) is 11.6. The normalized spacial score (nSPS) is 12.2. The number of aliphatic hydroxyl groups excluding tert-OH is 2. The summed E-state index contributed by atoms with van der Waals surface area (Å²) >= 11 is 4.56. The molecule has 0 aliphatic rings. The lowest BCUT2D eigenvalue weighted by molar-refractivity contribution is -0.113. The molecule has 1 aromatic rings. The minimum Gasteiger partial charge on any atom is -0.399 e. The van der Waals surface area contributed by atoms with Crippen molar-refractivity contribution in [2.24, 2.45) is 0 Å². The van der Waals surface area contributed by atoms with Crippen molar-refractivity contribution in [1.82, 2.24) is 0 Å². The zero-order chi connectivity index (χ0) is 13.5. The standard InChI is InChI=1S/C11H15BrN2O3S/c12-9-3-7(13)1-2-10(9)14-11(17)6-18-5-8(16)4-15/h1-3,8,15-16H,4-6,13H2,(H,14,17). The number of aliphatic hydroxyl groups is 2. The molecule has 0 bridgehead atoms. The predicted molar refractivity (Wildman–Crippen MR) is 77.6 cm³/mol. The zero-order valence-corrected chi connectivity index (χ0v) is 12.0. The lowest BCUT2D eigenvalue weighted by atomic mass is 10.3. The maximum Gasteiger partial charge on any atom is 0.234 e. The van der Waals surface area contributed by atoms with Crippen molar-refractivity contribution in [1.29, 1.82) is 0 Å². The molecule has 1 unspecified atom stereocenters. The first-order valence-corrected chi connectivity index (χ1v) is 7.19. The second kappa shape index (κ2) is 7.63. The van der Waals surface area contributed by atoms with Gasteiger partial charge in [-0.2, -0.15) is 0 Å². The van der Waals surface area contributed by atoms with Crippen LogP contribution in [-0.2, 0) is 4.79 Å². The minimum absolute atomic E-state index is 0.171. The quantitative estimate of drug-likeness (QED) is 0.583. The summed E-state index contributed by atoms with van der Waals surface area (Å²) in [6, 6.07) is 5.12. The van der Waals surface area contributed by atoms with E-state index in [0.29, 0.717) is 17.1 Å². The zero-order valence-electron chi connectivity index (χ0n) is 9.60. The highest BCUT2D eigenvalue weighted by molar-refractivity contribution is 9.10. The average molecular weight is 335 g/mol. The number of amides is 1. The molecule has 0 heterocycles. The maximum atomic E-state index is 11.6. The first kappa shape index (κ1) is 15.3. The SMILES string of the molecule is Nc1ccc(NC(=O)CSCC(O)CO)c(Br)c1. The van der Waals surface area contributed by atoms with E-state index >= 15 is 0 Å². The monoisotopic (exact) mass is 334 g/mol. The van der Waals surface area contributed by atoms with Gasteiger partial charge in [0.25, 0.3) is 0 Å². The van der Waals surface area contributed by atoms with Gasteiger partial charge in [0.05, 0.1) is 24.2 Å². The Kier molecular flexibility index (Phi) is 6.48. The Morgan fingerprint density at radius 1 is 1.56 bits per heavy atom. The van der Waals surface area contributed by atoms with Crippen LogP contribution >= 0.6 is 27.7 Å². The predicted octanol–water partition coefficient (Wildman–Crippen LogP) is 1.06.